The summed E-state index contributed by atoms with van der Waals surface area (Å²) in [6.45, 7) is 0.266. The molecular weight excluding hydrogens is 382 g/mol. The van der Waals surface area contributed by atoms with Crippen LogP contribution in [0, 0.1) is 0 Å². The Morgan fingerprint density at radius 1 is 1.22 bits per heavy atom. The van der Waals surface area contributed by atoms with Crippen LogP contribution in [0.3, 0.4) is 0 Å². The van der Waals surface area contributed by atoms with Crippen molar-refractivity contribution in [2.45, 2.75) is 11.2 Å². The Hall–Kier alpha value is -2.57. The van der Waals surface area contributed by atoms with Gasteiger partial charge in [-0.05, 0) is 36.4 Å². The molecule has 0 spiro atoms. The molecule has 0 fully saturated rings. The molecule has 0 saturated heterocycles. The van der Waals surface area contributed by atoms with E-state index in [1.54, 1.807) is 18.0 Å². The van der Waals surface area contributed by atoms with Gasteiger partial charge in [0, 0.05) is 35.5 Å². The van der Waals surface area contributed by atoms with Crippen LogP contribution in [0.1, 0.15) is 5.56 Å². The molecule has 0 radical (unpaired) electrons. The number of pyridine rings is 1. The van der Waals surface area contributed by atoms with Gasteiger partial charge in [-0.15, -0.1) is 0 Å². The van der Waals surface area contributed by atoms with Crippen LogP contribution in [0.2, 0.25) is 5.02 Å². The number of hydrogen-bond acceptors (Lipinski definition) is 6. The molecule has 0 aliphatic carbocycles. The molecule has 0 saturated carbocycles. The summed E-state index contributed by atoms with van der Waals surface area (Å²) >= 11 is 7.62. The molecule has 0 amide bonds. The molecule has 0 bridgehead atoms. The molecule has 5 nitrogen and oxygen atoms in total. The number of benzene rings is 1. The standard InChI is InChI=1S/C20H16ClN3O2S/c1-24-8-2-3-14-19(27-17-7-5-13(21)10-22-17)18(23-20(14)24)12-4-6-15-16(9-12)26-11-25-15/h2-10,20,23H,11H2,1H3. The summed E-state index contributed by atoms with van der Waals surface area (Å²) < 4.78 is 11.0. The van der Waals surface area contributed by atoms with E-state index in [9.17, 15) is 0 Å². The quantitative estimate of drug-likeness (QED) is 0.835. The minimum absolute atomic E-state index is 0.0882. The molecule has 3 aliphatic heterocycles. The molecule has 1 aromatic heterocycles. The third-order valence-corrected chi connectivity index (χ3v) is 5.96. The zero-order valence-electron chi connectivity index (χ0n) is 14.5. The maximum atomic E-state index is 5.99. The monoisotopic (exact) mass is 397 g/mol. The molecule has 3 aliphatic rings. The van der Waals surface area contributed by atoms with Crippen molar-refractivity contribution < 1.29 is 9.47 Å². The molecule has 27 heavy (non-hydrogen) atoms. The molecule has 1 N–H and O–H groups in total. The molecule has 7 heteroatoms. The van der Waals surface area contributed by atoms with E-state index in [0.717, 1.165) is 32.7 Å². The highest BCUT2D eigenvalue weighted by atomic mass is 35.5. The van der Waals surface area contributed by atoms with Crippen molar-refractivity contribution in [2.75, 3.05) is 13.8 Å². The Bertz CT molecular complexity index is 1000. The van der Waals surface area contributed by atoms with E-state index in [4.69, 9.17) is 21.1 Å². The summed E-state index contributed by atoms with van der Waals surface area (Å²) in [5, 5.41) is 5.17. The van der Waals surface area contributed by atoms with Crippen molar-refractivity contribution in [3.63, 3.8) is 0 Å². The average molecular weight is 398 g/mol. The number of nitrogens with one attached hydrogen (secondary N) is 1. The van der Waals surface area contributed by atoms with E-state index in [2.05, 4.69) is 46.7 Å². The Kier molecular flexibility index (Phi) is 4.02. The van der Waals surface area contributed by atoms with Gasteiger partial charge in [-0.3, -0.25) is 0 Å². The second-order valence-electron chi connectivity index (χ2n) is 6.36. The number of halogens is 1. The van der Waals surface area contributed by atoms with Gasteiger partial charge in [0.25, 0.3) is 0 Å². The van der Waals surface area contributed by atoms with Crippen LogP contribution in [0.5, 0.6) is 11.5 Å². The molecule has 5 rings (SSSR count). The Labute approximate surface area is 166 Å². The van der Waals surface area contributed by atoms with Crippen LogP contribution in [0.15, 0.2) is 70.4 Å². The number of fused-ring (bicyclic) bond motifs is 2. The van der Waals surface area contributed by atoms with Gasteiger partial charge in [0.2, 0.25) is 6.79 Å². The lowest BCUT2D eigenvalue weighted by Crippen LogP contribution is -2.38. The minimum Gasteiger partial charge on any atom is -0.454 e. The highest BCUT2D eigenvalue weighted by Crippen LogP contribution is 2.45. The summed E-state index contributed by atoms with van der Waals surface area (Å²) in [6.07, 6.45) is 8.03. The van der Waals surface area contributed by atoms with E-state index in [-0.39, 0.29) is 13.0 Å². The van der Waals surface area contributed by atoms with Crippen LogP contribution < -0.4 is 14.8 Å². The van der Waals surface area contributed by atoms with E-state index < -0.39 is 0 Å². The average Bonchev–Trinajstić information content (AvgIpc) is 3.29. The third-order valence-electron chi connectivity index (χ3n) is 4.64. The first-order chi connectivity index (χ1) is 13.2. The van der Waals surface area contributed by atoms with Crippen molar-refractivity contribution in [2.24, 2.45) is 0 Å². The second-order valence-corrected chi connectivity index (χ2v) is 7.83. The highest BCUT2D eigenvalue weighted by Gasteiger charge is 2.33. The van der Waals surface area contributed by atoms with Crippen LogP contribution in [0.25, 0.3) is 5.70 Å². The van der Waals surface area contributed by atoms with Gasteiger partial charge in [0.1, 0.15) is 11.2 Å². The predicted molar refractivity (Wildman–Crippen MR) is 106 cm³/mol. The zero-order valence-corrected chi connectivity index (χ0v) is 16.1. The van der Waals surface area contributed by atoms with Gasteiger partial charge >= 0.3 is 0 Å². The Morgan fingerprint density at radius 3 is 2.96 bits per heavy atom. The maximum absolute atomic E-state index is 5.99. The first kappa shape index (κ1) is 16.6. The van der Waals surface area contributed by atoms with Gasteiger partial charge in [-0.2, -0.15) is 0 Å². The number of hydrogen-bond donors (Lipinski definition) is 1. The second kappa shape index (κ2) is 6.55. The fourth-order valence-corrected chi connectivity index (χ4v) is 4.45. The Morgan fingerprint density at radius 2 is 2.11 bits per heavy atom. The predicted octanol–water partition coefficient (Wildman–Crippen LogP) is 4.24. The largest absolute Gasteiger partial charge is 0.454 e. The molecule has 136 valence electrons. The Balaban J connectivity index is 1.59. The number of thioether (sulfide) groups is 1. The molecule has 4 heterocycles. The van der Waals surface area contributed by atoms with Gasteiger partial charge in [0.05, 0.1) is 10.7 Å². The summed E-state index contributed by atoms with van der Waals surface area (Å²) in [5.74, 6) is 1.55. The fourth-order valence-electron chi connectivity index (χ4n) is 3.31. The molecule has 2 aromatic rings. The summed E-state index contributed by atoms with van der Waals surface area (Å²) in [5.41, 5.74) is 3.33. The molecule has 1 aromatic carbocycles. The number of allylic oxidation sites excluding steroid dienone is 2. The van der Waals surface area contributed by atoms with Crippen LogP contribution in [0.4, 0.5) is 0 Å². The number of aromatic nitrogens is 1. The number of nitrogens with zero attached hydrogens (tertiary/aromatic N) is 2. The lowest BCUT2D eigenvalue weighted by molar-refractivity contribution is 0.174. The summed E-state index contributed by atoms with van der Waals surface area (Å²) in [7, 11) is 2.06. The first-order valence-corrected chi connectivity index (χ1v) is 9.69. The third kappa shape index (κ3) is 2.95. The van der Waals surface area contributed by atoms with Gasteiger partial charge in [0.15, 0.2) is 11.5 Å². The van der Waals surface area contributed by atoms with Gasteiger partial charge < -0.3 is 19.7 Å². The summed E-state index contributed by atoms with van der Waals surface area (Å²) in [6, 6.07) is 9.82. The number of likely N-dealkylation sites (N-methyl/N-ethyl adjacent to an activating group) is 1. The maximum Gasteiger partial charge on any atom is 0.231 e. The molecule has 1 atom stereocenters. The van der Waals surface area contributed by atoms with E-state index in [0.29, 0.717) is 5.02 Å². The van der Waals surface area contributed by atoms with E-state index in [1.165, 1.54) is 5.57 Å². The minimum atomic E-state index is 0.0882. The SMILES string of the molecule is CN1C=CC=C2C(Sc3ccc(Cl)cn3)=C(c3ccc4c(c3)OCO4)NC21. The van der Waals surface area contributed by atoms with Crippen molar-refractivity contribution in [3.8, 4) is 11.5 Å². The van der Waals surface area contributed by atoms with Crippen molar-refractivity contribution in [3.05, 3.63) is 75.9 Å². The summed E-state index contributed by atoms with van der Waals surface area (Å²) in [4.78, 5) is 7.75. The van der Waals surface area contributed by atoms with Crippen molar-refractivity contribution in [1.29, 1.82) is 0 Å². The van der Waals surface area contributed by atoms with Crippen LogP contribution >= 0.6 is 23.4 Å². The van der Waals surface area contributed by atoms with Crippen LogP contribution in [-0.2, 0) is 0 Å². The topological polar surface area (TPSA) is 46.6 Å². The van der Waals surface area contributed by atoms with Crippen molar-refractivity contribution >= 4 is 29.1 Å². The van der Waals surface area contributed by atoms with Gasteiger partial charge in [-0.25, -0.2) is 4.98 Å². The van der Waals surface area contributed by atoms with Crippen LogP contribution in [-0.4, -0.2) is 29.9 Å². The lowest BCUT2D eigenvalue weighted by atomic mass is 10.1. The first-order valence-electron chi connectivity index (χ1n) is 8.50. The number of ether oxygens (including phenoxy) is 2. The van der Waals surface area contributed by atoms with Crippen molar-refractivity contribution in [1.82, 2.24) is 15.2 Å². The molecular formula is C20H16ClN3O2S. The van der Waals surface area contributed by atoms with E-state index in [1.807, 2.05) is 24.3 Å². The van der Waals surface area contributed by atoms with E-state index >= 15 is 0 Å². The zero-order chi connectivity index (χ0) is 18.4. The normalized spacial score (nSPS) is 19.9. The molecule has 1 unspecified atom stereocenters. The van der Waals surface area contributed by atoms with Gasteiger partial charge in [-0.1, -0.05) is 29.4 Å². The smallest absolute Gasteiger partial charge is 0.231 e. The highest BCUT2D eigenvalue weighted by molar-refractivity contribution is 8.03. The lowest BCUT2D eigenvalue weighted by Gasteiger charge is -2.28. The number of rotatable bonds is 3. The fraction of sp³-hybridized carbons (Fsp3) is 0.150.